The van der Waals surface area contributed by atoms with Crippen LogP contribution in [0.1, 0.15) is 44.6 Å². The predicted octanol–water partition coefficient (Wildman–Crippen LogP) is 3.56. The molecule has 0 aliphatic carbocycles. The van der Waals surface area contributed by atoms with Crippen LogP contribution in [0.3, 0.4) is 0 Å². The Hall–Kier alpha value is -1.22. The van der Waals surface area contributed by atoms with E-state index in [9.17, 15) is 5.11 Å². The van der Waals surface area contributed by atoms with Gasteiger partial charge in [-0.2, -0.15) is 0 Å². The number of piperidine rings is 1. The molecule has 19 heavy (non-hydrogen) atoms. The largest absolute Gasteiger partial charge is 0.504 e. The number of likely N-dealkylation sites (tertiary alicyclic amines) is 1. The minimum atomic E-state index is 0.297. The van der Waals surface area contributed by atoms with Crippen LogP contribution in [0.15, 0.2) is 18.2 Å². The number of benzene rings is 1. The lowest BCUT2D eigenvalue weighted by molar-refractivity contribution is 0.130. The highest BCUT2D eigenvalue weighted by molar-refractivity contribution is 5.45. The Morgan fingerprint density at radius 3 is 2.95 bits per heavy atom. The van der Waals surface area contributed by atoms with Gasteiger partial charge < -0.3 is 9.84 Å². The van der Waals surface area contributed by atoms with Crippen molar-refractivity contribution in [3.8, 4) is 11.5 Å². The molecule has 1 aliphatic rings. The van der Waals surface area contributed by atoms with Gasteiger partial charge in [-0.1, -0.05) is 31.9 Å². The molecular weight excluding hydrogens is 238 g/mol. The highest BCUT2D eigenvalue weighted by Gasteiger charge is 2.22. The second kappa shape index (κ2) is 6.80. The number of para-hydroxylation sites is 1. The molecule has 1 fully saturated rings. The number of rotatable bonds is 5. The zero-order valence-electron chi connectivity index (χ0n) is 12.1. The van der Waals surface area contributed by atoms with Gasteiger partial charge in [-0.25, -0.2) is 0 Å². The van der Waals surface area contributed by atoms with E-state index in [1.165, 1.54) is 32.1 Å². The standard InChI is InChI=1S/C16H25NO2/c1-3-7-14-9-4-5-11-17(14)12-13-8-6-10-15(19-2)16(13)18/h6,8,10,14,18H,3-5,7,9,11-12H2,1-2H3. The third kappa shape index (κ3) is 3.41. The van der Waals surface area contributed by atoms with Gasteiger partial charge in [0.2, 0.25) is 0 Å². The fraction of sp³-hybridized carbons (Fsp3) is 0.625. The lowest BCUT2D eigenvalue weighted by Crippen LogP contribution is -2.38. The van der Waals surface area contributed by atoms with Crippen LogP contribution in [0, 0.1) is 0 Å². The molecule has 1 N–H and O–H groups in total. The fourth-order valence-electron chi connectivity index (χ4n) is 3.01. The number of nitrogens with zero attached hydrogens (tertiary/aromatic N) is 1. The Labute approximate surface area is 116 Å². The van der Waals surface area contributed by atoms with Crippen molar-refractivity contribution in [2.45, 2.75) is 51.6 Å². The molecule has 0 saturated carbocycles. The number of aromatic hydroxyl groups is 1. The Morgan fingerprint density at radius 2 is 2.21 bits per heavy atom. The van der Waals surface area contributed by atoms with Crippen LogP contribution in [0.2, 0.25) is 0 Å². The van der Waals surface area contributed by atoms with Gasteiger partial charge >= 0.3 is 0 Å². The first-order valence-electron chi connectivity index (χ1n) is 7.35. The van der Waals surface area contributed by atoms with E-state index in [2.05, 4.69) is 11.8 Å². The first-order valence-corrected chi connectivity index (χ1v) is 7.35. The summed E-state index contributed by atoms with van der Waals surface area (Å²) in [6.45, 7) is 4.21. The minimum Gasteiger partial charge on any atom is -0.504 e. The number of phenolic OH excluding ortho intramolecular Hbond substituents is 1. The van der Waals surface area contributed by atoms with Gasteiger partial charge in [0.1, 0.15) is 0 Å². The summed E-state index contributed by atoms with van der Waals surface area (Å²) in [5, 5.41) is 10.2. The van der Waals surface area contributed by atoms with Crippen molar-refractivity contribution in [3.05, 3.63) is 23.8 Å². The van der Waals surface area contributed by atoms with Gasteiger partial charge in [-0.15, -0.1) is 0 Å². The molecule has 106 valence electrons. The van der Waals surface area contributed by atoms with E-state index in [-0.39, 0.29) is 0 Å². The molecule has 0 amide bonds. The van der Waals surface area contributed by atoms with Gasteiger partial charge in [0.05, 0.1) is 7.11 Å². The summed E-state index contributed by atoms with van der Waals surface area (Å²) in [6, 6.07) is 6.42. The topological polar surface area (TPSA) is 32.7 Å². The lowest BCUT2D eigenvalue weighted by atomic mass is 9.97. The maximum atomic E-state index is 10.2. The average Bonchev–Trinajstić information content (AvgIpc) is 2.43. The monoisotopic (exact) mass is 263 g/mol. The number of hydrogen-bond donors (Lipinski definition) is 1. The molecule has 1 aromatic carbocycles. The number of phenols is 1. The number of ether oxygens (including phenoxy) is 1. The summed E-state index contributed by atoms with van der Waals surface area (Å²) in [6.07, 6.45) is 6.38. The molecule has 1 aromatic rings. The van der Waals surface area contributed by atoms with Crippen LogP contribution in [-0.2, 0) is 6.54 Å². The summed E-state index contributed by atoms with van der Waals surface area (Å²) < 4.78 is 5.18. The van der Waals surface area contributed by atoms with Crippen LogP contribution in [0.25, 0.3) is 0 Å². The smallest absolute Gasteiger partial charge is 0.162 e. The molecule has 1 unspecified atom stereocenters. The summed E-state index contributed by atoms with van der Waals surface area (Å²) in [7, 11) is 1.60. The van der Waals surface area contributed by atoms with Gasteiger partial charge in [0.15, 0.2) is 11.5 Å². The predicted molar refractivity (Wildman–Crippen MR) is 77.6 cm³/mol. The zero-order valence-corrected chi connectivity index (χ0v) is 12.1. The molecule has 0 radical (unpaired) electrons. The Bertz CT molecular complexity index is 404. The van der Waals surface area contributed by atoms with Crippen molar-refractivity contribution in [3.63, 3.8) is 0 Å². The molecule has 2 rings (SSSR count). The SMILES string of the molecule is CCCC1CCCCN1Cc1cccc(OC)c1O. The van der Waals surface area contributed by atoms with Crippen LogP contribution in [0.4, 0.5) is 0 Å². The van der Waals surface area contributed by atoms with E-state index in [1.807, 2.05) is 12.1 Å². The summed E-state index contributed by atoms with van der Waals surface area (Å²) in [5.74, 6) is 0.868. The van der Waals surface area contributed by atoms with E-state index in [0.29, 0.717) is 17.5 Å². The Balaban J connectivity index is 2.10. The van der Waals surface area contributed by atoms with Crippen LogP contribution >= 0.6 is 0 Å². The van der Waals surface area contributed by atoms with Gasteiger partial charge in [0, 0.05) is 18.2 Å². The molecule has 1 atom stereocenters. The minimum absolute atomic E-state index is 0.297. The normalized spacial score (nSPS) is 20.4. The summed E-state index contributed by atoms with van der Waals surface area (Å²) in [4.78, 5) is 2.52. The second-order valence-electron chi connectivity index (χ2n) is 5.38. The highest BCUT2D eigenvalue weighted by Crippen LogP contribution is 2.32. The van der Waals surface area contributed by atoms with Gasteiger partial charge in [-0.05, 0) is 31.9 Å². The van der Waals surface area contributed by atoms with Crippen LogP contribution in [0.5, 0.6) is 11.5 Å². The van der Waals surface area contributed by atoms with E-state index in [1.54, 1.807) is 13.2 Å². The van der Waals surface area contributed by atoms with Gasteiger partial charge in [0.25, 0.3) is 0 Å². The molecule has 3 heteroatoms. The fourth-order valence-corrected chi connectivity index (χ4v) is 3.01. The van der Waals surface area contributed by atoms with Crippen molar-refractivity contribution < 1.29 is 9.84 Å². The third-order valence-corrected chi connectivity index (χ3v) is 4.05. The summed E-state index contributed by atoms with van der Waals surface area (Å²) in [5.41, 5.74) is 0.974. The van der Waals surface area contributed by atoms with Crippen molar-refractivity contribution >= 4 is 0 Å². The Morgan fingerprint density at radius 1 is 1.37 bits per heavy atom. The first kappa shape index (κ1) is 14.2. The van der Waals surface area contributed by atoms with Crippen molar-refractivity contribution in [1.29, 1.82) is 0 Å². The van der Waals surface area contributed by atoms with Crippen LogP contribution < -0.4 is 4.74 Å². The Kier molecular flexibility index (Phi) is 5.08. The molecule has 1 heterocycles. The highest BCUT2D eigenvalue weighted by atomic mass is 16.5. The van der Waals surface area contributed by atoms with Gasteiger partial charge in [-0.3, -0.25) is 4.90 Å². The van der Waals surface area contributed by atoms with E-state index in [4.69, 9.17) is 4.74 Å². The van der Waals surface area contributed by atoms with Crippen molar-refractivity contribution in [2.75, 3.05) is 13.7 Å². The van der Waals surface area contributed by atoms with E-state index >= 15 is 0 Å². The van der Waals surface area contributed by atoms with Crippen molar-refractivity contribution in [2.24, 2.45) is 0 Å². The maximum Gasteiger partial charge on any atom is 0.162 e. The van der Waals surface area contributed by atoms with Crippen molar-refractivity contribution in [1.82, 2.24) is 4.90 Å². The molecule has 0 spiro atoms. The molecule has 0 aromatic heterocycles. The maximum absolute atomic E-state index is 10.2. The third-order valence-electron chi connectivity index (χ3n) is 4.05. The first-order chi connectivity index (χ1) is 9.26. The quantitative estimate of drug-likeness (QED) is 0.881. The number of hydrogen-bond acceptors (Lipinski definition) is 3. The second-order valence-corrected chi connectivity index (χ2v) is 5.38. The zero-order chi connectivity index (χ0) is 13.7. The molecule has 0 bridgehead atoms. The molecule has 1 saturated heterocycles. The number of methoxy groups -OCH3 is 1. The average molecular weight is 263 g/mol. The lowest BCUT2D eigenvalue weighted by Gasteiger charge is -2.36. The molecule has 1 aliphatic heterocycles. The van der Waals surface area contributed by atoms with Crippen LogP contribution in [-0.4, -0.2) is 29.7 Å². The van der Waals surface area contributed by atoms with E-state index < -0.39 is 0 Å². The molecular formula is C16H25NO2. The summed E-state index contributed by atoms with van der Waals surface area (Å²) >= 11 is 0. The molecule has 3 nitrogen and oxygen atoms in total. The van der Waals surface area contributed by atoms with E-state index in [0.717, 1.165) is 18.7 Å².